The summed E-state index contributed by atoms with van der Waals surface area (Å²) in [5.41, 5.74) is 1.46. The Morgan fingerprint density at radius 1 is 1.00 bits per heavy atom. The molecule has 1 aliphatic heterocycles. The second-order valence-electron chi connectivity index (χ2n) is 6.90. The topological polar surface area (TPSA) is 71.2 Å². The Kier molecular flexibility index (Phi) is 5.80. The van der Waals surface area contributed by atoms with Gasteiger partial charge in [0.15, 0.2) is 11.0 Å². The molecule has 2 aromatic carbocycles. The van der Waals surface area contributed by atoms with E-state index in [1.807, 2.05) is 4.90 Å². The Hall–Kier alpha value is -2.87. The smallest absolute Gasteiger partial charge is 0.233 e. The monoisotopic (exact) mass is 412 g/mol. The van der Waals surface area contributed by atoms with Crippen molar-refractivity contribution in [1.82, 2.24) is 19.7 Å². The molecule has 8 heteroatoms. The number of halogens is 1. The van der Waals surface area contributed by atoms with Gasteiger partial charge in [0.05, 0.1) is 5.75 Å². The molecule has 6 nitrogen and oxygen atoms in total. The molecule has 0 unspecified atom stereocenters. The molecule has 0 bridgehead atoms. The maximum atomic E-state index is 13.4. The van der Waals surface area contributed by atoms with Crippen molar-refractivity contribution in [2.24, 2.45) is 0 Å². The van der Waals surface area contributed by atoms with Gasteiger partial charge in [-0.05, 0) is 67.8 Å². The summed E-state index contributed by atoms with van der Waals surface area (Å²) in [6.45, 7) is 1.62. The fraction of sp³-hybridized carbons (Fsp3) is 0.286. The average Bonchev–Trinajstić information content (AvgIpc) is 3.17. The van der Waals surface area contributed by atoms with Crippen LogP contribution < -0.4 is 0 Å². The van der Waals surface area contributed by atoms with E-state index in [1.165, 1.54) is 30.3 Å². The van der Waals surface area contributed by atoms with Crippen LogP contribution in [0.4, 0.5) is 4.39 Å². The lowest BCUT2D eigenvalue weighted by molar-refractivity contribution is -0.129. The van der Waals surface area contributed by atoms with Gasteiger partial charge >= 0.3 is 0 Å². The molecule has 3 aromatic rings. The standard InChI is InChI=1S/C21H21FN4O2S/c22-16-6-8-17(9-7-16)26-20(15-4-10-18(27)11-5-15)23-24-21(26)29-14-19(28)25-12-2-1-3-13-25/h4-11,27H,1-3,12-14H2. The Labute approximate surface area is 172 Å². The Balaban J connectivity index is 1.63. The number of hydrogen-bond acceptors (Lipinski definition) is 5. The Morgan fingerprint density at radius 3 is 2.38 bits per heavy atom. The number of aromatic hydroxyl groups is 1. The maximum absolute atomic E-state index is 13.4. The SMILES string of the molecule is O=C(CSc1nnc(-c2ccc(O)cc2)n1-c1ccc(F)cc1)N1CCCCC1. The summed E-state index contributed by atoms with van der Waals surface area (Å²) in [5.74, 6) is 0.749. The molecule has 1 saturated heterocycles. The van der Waals surface area contributed by atoms with Gasteiger partial charge in [-0.25, -0.2) is 4.39 Å². The fourth-order valence-electron chi connectivity index (χ4n) is 3.34. The molecule has 0 spiro atoms. The molecule has 1 N–H and O–H groups in total. The first kappa shape index (κ1) is 19.4. The van der Waals surface area contributed by atoms with Crippen LogP contribution in [0.2, 0.25) is 0 Å². The molecule has 0 saturated carbocycles. The van der Waals surface area contributed by atoms with Crippen LogP contribution in [0.25, 0.3) is 17.1 Å². The number of aromatic nitrogens is 3. The minimum Gasteiger partial charge on any atom is -0.508 e. The summed E-state index contributed by atoms with van der Waals surface area (Å²) < 4.78 is 15.2. The number of phenols is 1. The van der Waals surface area contributed by atoms with Gasteiger partial charge in [0, 0.05) is 24.3 Å². The van der Waals surface area contributed by atoms with Crippen LogP contribution in [0, 0.1) is 5.82 Å². The van der Waals surface area contributed by atoms with E-state index in [0.717, 1.165) is 31.5 Å². The number of phenolic OH excluding ortho intramolecular Hbond substituents is 1. The summed E-state index contributed by atoms with van der Waals surface area (Å²) >= 11 is 1.32. The number of amides is 1. The van der Waals surface area contributed by atoms with Gasteiger partial charge < -0.3 is 10.0 Å². The van der Waals surface area contributed by atoms with Crippen molar-refractivity contribution in [3.05, 3.63) is 54.3 Å². The first-order valence-electron chi connectivity index (χ1n) is 9.53. The fourth-order valence-corrected chi connectivity index (χ4v) is 4.20. The number of carbonyl (C=O) groups is 1. The third-order valence-electron chi connectivity index (χ3n) is 4.88. The van der Waals surface area contributed by atoms with Crippen LogP contribution in [0.15, 0.2) is 53.7 Å². The number of piperidine rings is 1. The van der Waals surface area contributed by atoms with Crippen LogP contribution in [-0.4, -0.2) is 49.5 Å². The van der Waals surface area contributed by atoms with Crippen molar-refractivity contribution in [3.8, 4) is 22.8 Å². The van der Waals surface area contributed by atoms with Gasteiger partial charge in [-0.15, -0.1) is 10.2 Å². The van der Waals surface area contributed by atoms with E-state index >= 15 is 0 Å². The highest BCUT2D eigenvalue weighted by atomic mass is 32.2. The first-order valence-corrected chi connectivity index (χ1v) is 10.5. The van der Waals surface area contributed by atoms with E-state index in [0.29, 0.717) is 16.7 Å². The van der Waals surface area contributed by atoms with Gasteiger partial charge in [0.2, 0.25) is 5.91 Å². The number of likely N-dealkylation sites (tertiary alicyclic amines) is 1. The first-order chi connectivity index (χ1) is 14.1. The zero-order valence-corrected chi connectivity index (χ0v) is 16.6. The molecule has 150 valence electrons. The molecule has 1 fully saturated rings. The lowest BCUT2D eigenvalue weighted by Gasteiger charge is -2.26. The number of benzene rings is 2. The predicted octanol–water partition coefficient (Wildman–Crippen LogP) is 3.88. The van der Waals surface area contributed by atoms with Crippen molar-refractivity contribution in [1.29, 1.82) is 0 Å². The minimum absolute atomic E-state index is 0.0922. The van der Waals surface area contributed by atoms with Crippen LogP contribution in [-0.2, 0) is 4.79 Å². The predicted molar refractivity (Wildman–Crippen MR) is 110 cm³/mol. The molecular weight excluding hydrogens is 391 g/mol. The second kappa shape index (κ2) is 8.65. The molecule has 0 atom stereocenters. The molecule has 1 aliphatic rings. The number of hydrogen-bond donors (Lipinski definition) is 1. The summed E-state index contributed by atoms with van der Waals surface area (Å²) in [6.07, 6.45) is 3.27. The van der Waals surface area contributed by atoms with Crippen LogP contribution in [0.1, 0.15) is 19.3 Å². The molecule has 0 aliphatic carbocycles. The van der Waals surface area contributed by atoms with Crippen molar-refractivity contribution in [2.75, 3.05) is 18.8 Å². The van der Waals surface area contributed by atoms with Gasteiger partial charge in [0.25, 0.3) is 0 Å². The summed E-state index contributed by atoms with van der Waals surface area (Å²) in [5, 5.41) is 18.7. The molecular formula is C21H21FN4O2S. The summed E-state index contributed by atoms with van der Waals surface area (Å²) in [4.78, 5) is 14.4. The Morgan fingerprint density at radius 2 is 1.69 bits per heavy atom. The largest absolute Gasteiger partial charge is 0.508 e. The number of carbonyl (C=O) groups excluding carboxylic acids is 1. The molecule has 1 amide bonds. The normalized spacial score (nSPS) is 14.2. The zero-order chi connectivity index (χ0) is 20.2. The van der Waals surface area contributed by atoms with E-state index < -0.39 is 0 Å². The molecule has 0 radical (unpaired) electrons. The highest BCUT2D eigenvalue weighted by molar-refractivity contribution is 7.99. The number of nitrogens with zero attached hydrogens (tertiary/aromatic N) is 4. The zero-order valence-electron chi connectivity index (χ0n) is 15.8. The third kappa shape index (κ3) is 4.42. The molecule has 2 heterocycles. The average molecular weight is 412 g/mol. The molecule has 1 aromatic heterocycles. The highest BCUT2D eigenvalue weighted by Gasteiger charge is 2.20. The van der Waals surface area contributed by atoms with Crippen LogP contribution >= 0.6 is 11.8 Å². The number of thioether (sulfide) groups is 1. The minimum atomic E-state index is -0.331. The number of rotatable bonds is 5. The summed E-state index contributed by atoms with van der Waals surface area (Å²) in [7, 11) is 0. The van der Waals surface area contributed by atoms with Gasteiger partial charge in [-0.3, -0.25) is 9.36 Å². The molecule has 4 rings (SSSR count). The van der Waals surface area contributed by atoms with Crippen LogP contribution in [0.3, 0.4) is 0 Å². The van der Waals surface area contributed by atoms with Crippen molar-refractivity contribution in [2.45, 2.75) is 24.4 Å². The lowest BCUT2D eigenvalue weighted by Crippen LogP contribution is -2.36. The van der Waals surface area contributed by atoms with Gasteiger partial charge in [-0.1, -0.05) is 11.8 Å². The third-order valence-corrected chi connectivity index (χ3v) is 5.79. The van der Waals surface area contributed by atoms with Crippen molar-refractivity contribution >= 4 is 17.7 Å². The maximum Gasteiger partial charge on any atom is 0.233 e. The van der Waals surface area contributed by atoms with E-state index in [1.54, 1.807) is 41.0 Å². The van der Waals surface area contributed by atoms with Crippen LogP contribution in [0.5, 0.6) is 5.75 Å². The van der Waals surface area contributed by atoms with Crippen molar-refractivity contribution in [3.63, 3.8) is 0 Å². The van der Waals surface area contributed by atoms with E-state index in [9.17, 15) is 14.3 Å². The van der Waals surface area contributed by atoms with Gasteiger partial charge in [0.1, 0.15) is 11.6 Å². The van der Waals surface area contributed by atoms with E-state index in [4.69, 9.17) is 0 Å². The van der Waals surface area contributed by atoms with E-state index in [-0.39, 0.29) is 23.2 Å². The molecule has 29 heavy (non-hydrogen) atoms. The quantitative estimate of drug-likeness (QED) is 0.644. The Bertz CT molecular complexity index is 983. The summed E-state index contributed by atoms with van der Waals surface area (Å²) in [6, 6.07) is 12.7. The lowest BCUT2D eigenvalue weighted by atomic mass is 10.1. The van der Waals surface area contributed by atoms with Gasteiger partial charge in [-0.2, -0.15) is 0 Å². The second-order valence-corrected chi connectivity index (χ2v) is 7.84. The van der Waals surface area contributed by atoms with Crippen molar-refractivity contribution < 1.29 is 14.3 Å². The van der Waals surface area contributed by atoms with E-state index in [2.05, 4.69) is 10.2 Å². The highest BCUT2D eigenvalue weighted by Crippen LogP contribution is 2.29.